The van der Waals surface area contributed by atoms with E-state index in [0.717, 1.165) is 0 Å². The summed E-state index contributed by atoms with van der Waals surface area (Å²) < 4.78 is 38.3. The number of thioether (sulfide) groups is 1. The lowest BCUT2D eigenvalue weighted by molar-refractivity contribution is -0.183. The van der Waals surface area contributed by atoms with E-state index < -0.39 is 18.1 Å². The molecule has 1 aromatic heterocycles. The van der Waals surface area contributed by atoms with Gasteiger partial charge >= 0.3 is 6.18 Å². The zero-order valence-electron chi connectivity index (χ0n) is 11.6. The molecule has 0 aromatic carbocycles. The number of alkyl halides is 3. The molecule has 0 radical (unpaired) electrons. The molecule has 2 atom stereocenters. The van der Waals surface area contributed by atoms with E-state index in [0.29, 0.717) is 23.4 Å². The Morgan fingerprint density at radius 1 is 1.43 bits per heavy atom. The molecule has 3 nitrogen and oxygen atoms in total. The standard InChI is InChI=1S/C14H17F3N2OS/c1-21-13-11(6-3-7-18-13)12(20)19-10-5-2-4-9(8-10)14(15,16)17/h3,6-7,9-10H,2,4-5,8H2,1H3,(H,19,20)/t9-,10-/m1/s1. The van der Waals surface area contributed by atoms with Crippen LogP contribution < -0.4 is 5.32 Å². The molecule has 1 fully saturated rings. The average Bonchev–Trinajstić information content (AvgIpc) is 2.46. The van der Waals surface area contributed by atoms with E-state index in [1.807, 2.05) is 0 Å². The number of hydrogen-bond donors (Lipinski definition) is 1. The molecule has 116 valence electrons. The number of carbonyl (C=O) groups is 1. The van der Waals surface area contributed by atoms with Crippen LogP contribution in [-0.2, 0) is 0 Å². The molecule has 1 aromatic rings. The predicted octanol–water partition coefficient (Wildman–Crippen LogP) is 3.65. The van der Waals surface area contributed by atoms with Crippen molar-refractivity contribution in [2.45, 2.75) is 42.9 Å². The topological polar surface area (TPSA) is 42.0 Å². The van der Waals surface area contributed by atoms with E-state index >= 15 is 0 Å². The van der Waals surface area contributed by atoms with Gasteiger partial charge in [-0.3, -0.25) is 4.79 Å². The van der Waals surface area contributed by atoms with Crippen LogP contribution in [0.1, 0.15) is 36.0 Å². The fraction of sp³-hybridized carbons (Fsp3) is 0.571. The lowest BCUT2D eigenvalue weighted by Gasteiger charge is -2.31. The number of pyridine rings is 1. The molecule has 1 N–H and O–H groups in total. The molecule has 1 heterocycles. The van der Waals surface area contributed by atoms with Crippen molar-refractivity contribution in [3.8, 4) is 0 Å². The highest BCUT2D eigenvalue weighted by atomic mass is 32.2. The maximum absolute atomic E-state index is 12.8. The van der Waals surface area contributed by atoms with Gasteiger partial charge in [-0.2, -0.15) is 13.2 Å². The molecule has 1 amide bonds. The van der Waals surface area contributed by atoms with Crippen LogP contribution in [0, 0.1) is 5.92 Å². The van der Waals surface area contributed by atoms with E-state index in [4.69, 9.17) is 0 Å². The smallest absolute Gasteiger partial charge is 0.349 e. The van der Waals surface area contributed by atoms with Crippen LogP contribution in [0.15, 0.2) is 23.4 Å². The highest BCUT2D eigenvalue weighted by Crippen LogP contribution is 2.37. The quantitative estimate of drug-likeness (QED) is 0.865. The SMILES string of the molecule is CSc1ncccc1C(=O)N[C@@H]1CCC[C@@H](C(F)(F)F)C1. The molecule has 0 bridgehead atoms. The fourth-order valence-corrected chi connectivity index (χ4v) is 3.15. The second kappa shape index (κ2) is 6.68. The maximum atomic E-state index is 12.8. The third-order valence-electron chi connectivity index (χ3n) is 3.68. The second-order valence-electron chi connectivity index (χ2n) is 5.14. The number of aromatic nitrogens is 1. The van der Waals surface area contributed by atoms with Crippen molar-refractivity contribution in [3.63, 3.8) is 0 Å². The van der Waals surface area contributed by atoms with Gasteiger partial charge in [-0.05, 0) is 37.7 Å². The van der Waals surface area contributed by atoms with Crippen LogP contribution in [0.4, 0.5) is 13.2 Å². The van der Waals surface area contributed by atoms with Gasteiger partial charge in [0.15, 0.2) is 0 Å². The normalized spacial score (nSPS) is 22.9. The van der Waals surface area contributed by atoms with E-state index in [1.165, 1.54) is 11.8 Å². The van der Waals surface area contributed by atoms with E-state index in [9.17, 15) is 18.0 Å². The van der Waals surface area contributed by atoms with Crippen molar-refractivity contribution < 1.29 is 18.0 Å². The van der Waals surface area contributed by atoms with E-state index in [1.54, 1.807) is 24.6 Å². The molecule has 0 unspecified atom stereocenters. The van der Waals surface area contributed by atoms with Crippen LogP contribution in [0.25, 0.3) is 0 Å². The minimum absolute atomic E-state index is 0.0376. The summed E-state index contributed by atoms with van der Waals surface area (Å²) in [7, 11) is 0. The number of nitrogens with one attached hydrogen (secondary N) is 1. The summed E-state index contributed by atoms with van der Waals surface area (Å²) in [6.07, 6.45) is 0.401. The minimum Gasteiger partial charge on any atom is -0.349 e. The van der Waals surface area contributed by atoms with Gasteiger partial charge in [-0.25, -0.2) is 4.98 Å². The van der Waals surface area contributed by atoms with Crippen molar-refractivity contribution in [3.05, 3.63) is 23.9 Å². The van der Waals surface area contributed by atoms with Gasteiger partial charge in [0, 0.05) is 12.2 Å². The Bertz CT molecular complexity index is 507. The van der Waals surface area contributed by atoms with Gasteiger partial charge in [0.1, 0.15) is 5.03 Å². The molecular formula is C14H17F3N2OS. The molecule has 0 spiro atoms. The number of carbonyl (C=O) groups excluding carboxylic acids is 1. The first-order chi connectivity index (χ1) is 9.91. The molecule has 1 saturated carbocycles. The molecule has 0 saturated heterocycles. The Labute approximate surface area is 125 Å². The van der Waals surface area contributed by atoms with Crippen LogP contribution in [0.5, 0.6) is 0 Å². The summed E-state index contributed by atoms with van der Waals surface area (Å²) in [5, 5.41) is 3.30. The van der Waals surface area contributed by atoms with Crippen molar-refractivity contribution in [1.29, 1.82) is 0 Å². The Balaban J connectivity index is 2.02. The largest absolute Gasteiger partial charge is 0.391 e. The Morgan fingerprint density at radius 2 is 2.19 bits per heavy atom. The maximum Gasteiger partial charge on any atom is 0.391 e. The van der Waals surface area contributed by atoms with Crippen LogP contribution in [-0.4, -0.2) is 29.4 Å². The van der Waals surface area contributed by atoms with Gasteiger partial charge in [-0.15, -0.1) is 11.8 Å². The lowest BCUT2D eigenvalue weighted by Crippen LogP contribution is -2.41. The Kier molecular flexibility index (Phi) is 5.13. The zero-order chi connectivity index (χ0) is 15.5. The fourth-order valence-electron chi connectivity index (χ4n) is 2.61. The summed E-state index contributed by atoms with van der Waals surface area (Å²) in [5.41, 5.74) is 0.416. The Morgan fingerprint density at radius 3 is 2.86 bits per heavy atom. The molecule has 1 aliphatic rings. The van der Waals surface area contributed by atoms with Gasteiger partial charge in [0.25, 0.3) is 5.91 Å². The molecule has 7 heteroatoms. The summed E-state index contributed by atoms with van der Waals surface area (Å²) in [6, 6.07) is 2.86. The first-order valence-electron chi connectivity index (χ1n) is 6.78. The van der Waals surface area contributed by atoms with Crippen molar-refractivity contribution in [1.82, 2.24) is 10.3 Å². The second-order valence-corrected chi connectivity index (χ2v) is 5.93. The predicted molar refractivity (Wildman–Crippen MR) is 75.3 cm³/mol. The first-order valence-corrected chi connectivity index (χ1v) is 8.01. The third-order valence-corrected chi connectivity index (χ3v) is 4.39. The molecule has 21 heavy (non-hydrogen) atoms. The van der Waals surface area contributed by atoms with Crippen molar-refractivity contribution in [2.75, 3.05) is 6.26 Å². The van der Waals surface area contributed by atoms with Gasteiger partial charge < -0.3 is 5.32 Å². The molecule has 0 aliphatic heterocycles. The van der Waals surface area contributed by atoms with Crippen LogP contribution >= 0.6 is 11.8 Å². The third kappa shape index (κ3) is 4.12. The summed E-state index contributed by atoms with van der Waals surface area (Å²) in [4.78, 5) is 16.3. The van der Waals surface area contributed by atoms with E-state index in [-0.39, 0.29) is 18.7 Å². The van der Waals surface area contributed by atoms with Crippen molar-refractivity contribution in [2.24, 2.45) is 5.92 Å². The first kappa shape index (κ1) is 16.1. The summed E-state index contributed by atoms with van der Waals surface area (Å²) in [6.45, 7) is 0. The lowest BCUT2D eigenvalue weighted by atomic mass is 9.85. The summed E-state index contributed by atoms with van der Waals surface area (Å²) in [5.74, 6) is -1.66. The molecule has 2 rings (SSSR count). The summed E-state index contributed by atoms with van der Waals surface area (Å²) >= 11 is 1.34. The van der Waals surface area contributed by atoms with Crippen LogP contribution in [0.3, 0.4) is 0 Å². The van der Waals surface area contributed by atoms with Crippen molar-refractivity contribution >= 4 is 17.7 Å². The Hall–Kier alpha value is -1.24. The van der Waals surface area contributed by atoms with E-state index in [2.05, 4.69) is 10.3 Å². The molecule has 1 aliphatic carbocycles. The minimum atomic E-state index is -4.18. The highest BCUT2D eigenvalue weighted by Gasteiger charge is 2.42. The average molecular weight is 318 g/mol. The van der Waals surface area contributed by atoms with Crippen LogP contribution in [0.2, 0.25) is 0 Å². The highest BCUT2D eigenvalue weighted by molar-refractivity contribution is 7.98. The number of amides is 1. The van der Waals surface area contributed by atoms with Gasteiger partial charge in [-0.1, -0.05) is 6.42 Å². The molecular weight excluding hydrogens is 301 g/mol. The van der Waals surface area contributed by atoms with Gasteiger partial charge in [0.05, 0.1) is 11.5 Å². The zero-order valence-corrected chi connectivity index (χ0v) is 12.4. The van der Waals surface area contributed by atoms with Gasteiger partial charge in [0.2, 0.25) is 0 Å². The number of hydrogen-bond acceptors (Lipinski definition) is 3. The number of rotatable bonds is 3. The number of nitrogens with zero attached hydrogens (tertiary/aromatic N) is 1. The number of halogens is 3. The monoisotopic (exact) mass is 318 g/mol.